The van der Waals surface area contributed by atoms with Crippen LogP contribution in [0.2, 0.25) is 0 Å². The Kier molecular flexibility index (Phi) is 7.16. The number of carbonyl (C=O) groups excluding carboxylic acids is 1. The minimum absolute atomic E-state index is 0.140. The van der Waals surface area contributed by atoms with Gasteiger partial charge in [0.2, 0.25) is 5.91 Å². The van der Waals surface area contributed by atoms with Gasteiger partial charge in [-0.05, 0) is 30.9 Å². The number of nitrogens with zero attached hydrogens (tertiary/aromatic N) is 1. The van der Waals surface area contributed by atoms with Crippen LogP contribution in [0.1, 0.15) is 39.0 Å². The van der Waals surface area contributed by atoms with Crippen LogP contribution in [0.3, 0.4) is 0 Å². The highest BCUT2D eigenvalue weighted by atomic mass is 32.2. The van der Waals surface area contributed by atoms with Gasteiger partial charge in [-0.25, -0.2) is 0 Å². The predicted molar refractivity (Wildman–Crippen MR) is 73.8 cm³/mol. The Morgan fingerprint density at radius 1 is 1.44 bits per heavy atom. The van der Waals surface area contributed by atoms with Crippen molar-refractivity contribution >= 4 is 23.6 Å². The van der Waals surface area contributed by atoms with E-state index in [1.807, 2.05) is 4.90 Å². The zero-order chi connectivity index (χ0) is 13.4. The van der Waals surface area contributed by atoms with Gasteiger partial charge in [-0.1, -0.05) is 13.3 Å². The molecule has 0 aliphatic carbocycles. The lowest BCUT2D eigenvalue weighted by Gasteiger charge is -2.32. The Labute approximate surface area is 113 Å². The molecule has 1 amide bonds. The van der Waals surface area contributed by atoms with Crippen molar-refractivity contribution in [2.24, 2.45) is 5.92 Å². The van der Waals surface area contributed by atoms with Crippen molar-refractivity contribution in [3.8, 4) is 0 Å². The molecule has 0 spiro atoms. The number of likely N-dealkylation sites (tertiary alicyclic amines) is 1. The first-order valence-electron chi connectivity index (χ1n) is 6.70. The van der Waals surface area contributed by atoms with E-state index < -0.39 is 5.97 Å². The number of hydrogen-bond donors (Lipinski definition) is 1. The van der Waals surface area contributed by atoms with E-state index in [9.17, 15) is 9.59 Å². The van der Waals surface area contributed by atoms with Gasteiger partial charge in [0.25, 0.3) is 0 Å². The SMILES string of the molecule is CCCCSCC(=O)N1CCCC(CC(=O)O)C1. The molecule has 1 aliphatic heterocycles. The van der Waals surface area contributed by atoms with E-state index in [0.717, 1.165) is 38.0 Å². The van der Waals surface area contributed by atoms with Crippen LogP contribution in [0.4, 0.5) is 0 Å². The van der Waals surface area contributed by atoms with Gasteiger partial charge in [0, 0.05) is 19.5 Å². The quantitative estimate of drug-likeness (QED) is 0.723. The van der Waals surface area contributed by atoms with Crippen LogP contribution in [-0.2, 0) is 9.59 Å². The first-order valence-corrected chi connectivity index (χ1v) is 7.86. The van der Waals surface area contributed by atoms with Crippen LogP contribution >= 0.6 is 11.8 Å². The average Bonchev–Trinajstić information content (AvgIpc) is 2.34. The molecule has 1 rings (SSSR count). The zero-order valence-electron chi connectivity index (χ0n) is 11.1. The van der Waals surface area contributed by atoms with E-state index in [2.05, 4.69) is 6.92 Å². The molecule has 0 aromatic heterocycles. The monoisotopic (exact) mass is 273 g/mol. The number of amides is 1. The van der Waals surface area contributed by atoms with Crippen LogP contribution in [0.25, 0.3) is 0 Å². The van der Waals surface area contributed by atoms with Crippen molar-refractivity contribution in [1.29, 1.82) is 0 Å². The van der Waals surface area contributed by atoms with Crippen molar-refractivity contribution in [3.63, 3.8) is 0 Å². The third kappa shape index (κ3) is 5.76. The molecule has 104 valence electrons. The normalized spacial score (nSPS) is 19.8. The maximum absolute atomic E-state index is 12.0. The molecule has 1 N–H and O–H groups in total. The topological polar surface area (TPSA) is 57.6 Å². The van der Waals surface area contributed by atoms with Gasteiger partial charge in [0.15, 0.2) is 0 Å². The first kappa shape index (κ1) is 15.3. The van der Waals surface area contributed by atoms with Gasteiger partial charge >= 0.3 is 5.97 Å². The lowest BCUT2D eigenvalue weighted by molar-refractivity contribution is -0.140. The summed E-state index contributed by atoms with van der Waals surface area (Å²) in [7, 11) is 0. The molecule has 1 saturated heterocycles. The molecule has 0 radical (unpaired) electrons. The lowest BCUT2D eigenvalue weighted by atomic mass is 9.95. The lowest BCUT2D eigenvalue weighted by Crippen LogP contribution is -2.41. The van der Waals surface area contributed by atoms with Crippen LogP contribution in [-0.4, -0.2) is 46.5 Å². The second-order valence-corrected chi connectivity index (χ2v) is 5.96. The minimum atomic E-state index is -0.758. The largest absolute Gasteiger partial charge is 0.481 e. The van der Waals surface area contributed by atoms with Gasteiger partial charge in [-0.3, -0.25) is 9.59 Å². The standard InChI is InChI=1S/C13H23NO3S/c1-2-3-7-18-10-12(15)14-6-4-5-11(9-14)8-13(16)17/h11H,2-10H2,1H3,(H,16,17). The molecular weight excluding hydrogens is 250 g/mol. The summed E-state index contributed by atoms with van der Waals surface area (Å²) in [6.07, 6.45) is 4.36. The van der Waals surface area contributed by atoms with Crippen molar-refractivity contribution in [2.75, 3.05) is 24.6 Å². The highest BCUT2D eigenvalue weighted by molar-refractivity contribution is 7.99. The summed E-state index contributed by atoms with van der Waals surface area (Å²) in [5.74, 6) is 1.13. The molecule has 1 unspecified atom stereocenters. The Morgan fingerprint density at radius 3 is 2.89 bits per heavy atom. The highest BCUT2D eigenvalue weighted by Gasteiger charge is 2.24. The fourth-order valence-electron chi connectivity index (χ4n) is 2.20. The highest BCUT2D eigenvalue weighted by Crippen LogP contribution is 2.20. The fourth-order valence-corrected chi connectivity index (χ4v) is 3.20. The third-order valence-electron chi connectivity index (χ3n) is 3.20. The van der Waals surface area contributed by atoms with Crippen LogP contribution in [0.5, 0.6) is 0 Å². The molecule has 0 aromatic rings. The number of thioether (sulfide) groups is 1. The summed E-state index contributed by atoms with van der Waals surface area (Å²) in [6.45, 7) is 3.56. The Bertz CT molecular complexity index is 283. The van der Waals surface area contributed by atoms with Crippen molar-refractivity contribution in [2.45, 2.75) is 39.0 Å². The smallest absolute Gasteiger partial charge is 0.303 e. The number of unbranched alkanes of at least 4 members (excludes halogenated alkanes) is 1. The van der Waals surface area contributed by atoms with Crippen LogP contribution in [0, 0.1) is 5.92 Å². The van der Waals surface area contributed by atoms with Crippen LogP contribution < -0.4 is 0 Å². The molecule has 0 aromatic carbocycles. The number of carboxylic acids is 1. The number of carboxylic acid groups (broad SMARTS) is 1. The van der Waals surface area contributed by atoms with Crippen molar-refractivity contribution in [1.82, 2.24) is 4.90 Å². The Morgan fingerprint density at radius 2 is 2.22 bits per heavy atom. The summed E-state index contributed by atoms with van der Waals surface area (Å²) < 4.78 is 0. The average molecular weight is 273 g/mol. The second-order valence-electron chi connectivity index (χ2n) is 4.85. The predicted octanol–water partition coefficient (Wildman–Crippen LogP) is 2.23. The van der Waals surface area contributed by atoms with E-state index in [4.69, 9.17) is 5.11 Å². The summed E-state index contributed by atoms with van der Waals surface area (Å²) in [5.41, 5.74) is 0. The molecule has 0 saturated carbocycles. The van der Waals surface area contributed by atoms with Gasteiger partial charge in [0.05, 0.1) is 5.75 Å². The number of aliphatic carboxylic acids is 1. The summed E-state index contributed by atoms with van der Waals surface area (Å²) >= 11 is 1.69. The van der Waals surface area contributed by atoms with Crippen LogP contribution in [0.15, 0.2) is 0 Å². The number of carbonyl (C=O) groups is 2. The maximum atomic E-state index is 12.0. The first-order chi connectivity index (χ1) is 8.63. The molecule has 18 heavy (non-hydrogen) atoms. The molecule has 0 bridgehead atoms. The summed E-state index contributed by atoms with van der Waals surface area (Å²) in [5, 5.41) is 8.78. The van der Waals surface area contributed by atoms with Gasteiger partial charge in [-0.2, -0.15) is 11.8 Å². The second kappa shape index (κ2) is 8.40. The maximum Gasteiger partial charge on any atom is 0.303 e. The Hall–Kier alpha value is -0.710. The molecular formula is C13H23NO3S. The van der Waals surface area contributed by atoms with Crippen molar-refractivity contribution in [3.05, 3.63) is 0 Å². The Balaban J connectivity index is 2.27. The zero-order valence-corrected chi connectivity index (χ0v) is 11.9. The summed E-state index contributed by atoms with van der Waals surface area (Å²) in [4.78, 5) is 24.5. The summed E-state index contributed by atoms with van der Waals surface area (Å²) in [6, 6.07) is 0. The molecule has 1 heterocycles. The van der Waals surface area contributed by atoms with Crippen molar-refractivity contribution < 1.29 is 14.7 Å². The molecule has 1 atom stereocenters. The van der Waals surface area contributed by atoms with Gasteiger partial charge < -0.3 is 10.0 Å². The molecule has 1 aliphatic rings. The van der Waals surface area contributed by atoms with E-state index in [1.165, 1.54) is 0 Å². The number of piperidine rings is 1. The van der Waals surface area contributed by atoms with E-state index in [1.54, 1.807) is 11.8 Å². The number of hydrogen-bond acceptors (Lipinski definition) is 3. The fraction of sp³-hybridized carbons (Fsp3) is 0.846. The molecule has 1 fully saturated rings. The van der Waals surface area contributed by atoms with Gasteiger partial charge in [0.1, 0.15) is 0 Å². The van der Waals surface area contributed by atoms with E-state index in [0.29, 0.717) is 12.3 Å². The minimum Gasteiger partial charge on any atom is -0.481 e. The number of rotatable bonds is 7. The van der Waals surface area contributed by atoms with E-state index in [-0.39, 0.29) is 18.2 Å². The molecule has 4 nitrogen and oxygen atoms in total. The van der Waals surface area contributed by atoms with E-state index >= 15 is 0 Å². The molecule has 5 heteroatoms. The third-order valence-corrected chi connectivity index (χ3v) is 4.23. The van der Waals surface area contributed by atoms with Gasteiger partial charge in [-0.15, -0.1) is 0 Å².